The Kier molecular flexibility index (Phi) is 4.12. The van der Waals surface area contributed by atoms with Crippen LogP contribution in [0.2, 0.25) is 5.02 Å². The van der Waals surface area contributed by atoms with Gasteiger partial charge >= 0.3 is 0 Å². The standard InChI is InChI=1S/C22H16ClNO/c23-16-10-12-17(13-11-16)24-14-20-21(15-6-2-1-3-7-15)18-8-4-5-9-19(18)22(20)25/h1-14,21,24H/t21-/m1/s1. The van der Waals surface area contributed by atoms with Crippen molar-refractivity contribution >= 4 is 23.1 Å². The van der Waals surface area contributed by atoms with E-state index in [4.69, 9.17) is 11.6 Å². The fourth-order valence-corrected chi connectivity index (χ4v) is 3.40. The minimum Gasteiger partial charge on any atom is -0.361 e. The molecule has 0 bridgehead atoms. The SMILES string of the molecule is O=C1C(=CNc2ccc(Cl)cc2)[C@H](c2ccccc2)c2ccccc21. The predicted octanol–water partition coefficient (Wildman–Crippen LogP) is 5.66. The first-order chi connectivity index (χ1) is 12.2. The van der Waals surface area contributed by atoms with E-state index in [0.29, 0.717) is 5.02 Å². The highest BCUT2D eigenvalue weighted by Gasteiger charge is 2.35. The van der Waals surface area contributed by atoms with Crippen molar-refractivity contribution in [2.45, 2.75) is 5.92 Å². The average Bonchev–Trinajstić information content (AvgIpc) is 2.94. The van der Waals surface area contributed by atoms with Crippen LogP contribution in [0.4, 0.5) is 5.69 Å². The first kappa shape index (κ1) is 15.7. The summed E-state index contributed by atoms with van der Waals surface area (Å²) in [6.45, 7) is 0. The number of carbonyl (C=O) groups excluding carboxylic acids is 1. The molecule has 2 nitrogen and oxygen atoms in total. The summed E-state index contributed by atoms with van der Waals surface area (Å²) in [6, 6.07) is 25.4. The van der Waals surface area contributed by atoms with Gasteiger partial charge in [0.25, 0.3) is 0 Å². The quantitative estimate of drug-likeness (QED) is 0.620. The fourth-order valence-electron chi connectivity index (χ4n) is 3.27. The van der Waals surface area contributed by atoms with Gasteiger partial charge in [0.05, 0.1) is 0 Å². The average molecular weight is 346 g/mol. The fraction of sp³-hybridized carbons (Fsp3) is 0.0455. The molecule has 3 aromatic rings. The van der Waals surface area contributed by atoms with Gasteiger partial charge in [-0.1, -0.05) is 66.2 Å². The third-order valence-corrected chi connectivity index (χ3v) is 4.71. The molecule has 4 rings (SSSR count). The molecule has 1 atom stereocenters. The number of fused-ring (bicyclic) bond motifs is 1. The number of ketones is 1. The van der Waals surface area contributed by atoms with Crippen molar-refractivity contribution in [3.63, 3.8) is 0 Å². The van der Waals surface area contributed by atoms with Crippen molar-refractivity contribution in [1.29, 1.82) is 0 Å². The minimum atomic E-state index is -0.0512. The zero-order valence-electron chi connectivity index (χ0n) is 13.4. The van der Waals surface area contributed by atoms with Crippen molar-refractivity contribution in [2.24, 2.45) is 0 Å². The normalized spacial score (nSPS) is 17.6. The van der Waals surface area contributed by atoms with Crippen molar-refractivity contribution in [3.8, 4) is 0 Å². The number of Topliss-reactive ketones (excluding diaryl/α,β-unsaturated/α-hetero) is 1. The molecule has 3 heteroatoms. The molecule has 0 saturated carbocycles. The molecule has 0 spiro atoms. The van der Waals surface area contributed by atoms with Gasteiger partial charge in [0.15, 0.2) is 5.78 Å². The van der Waals surface area contributed by atoms with Crippen molar-refractivity contribution in [3.05, 3.63) is 112 Å². The second kappa shape index (κ2) is 6.58. The lowest BCUT2D eigenvalue weighted by Gasteiger charge is -2.14. The van der Waals surface area contributed by atoms with Gasteiger partial charge in [0.1, 0.15) is 0 Å². The number of allylic oxidation sites excluding steroid dienone is 1. The second-order valence-corrected chi connectivity index (χ2v) is 6.45. The Labute approximate surface area is 151 Å². The molecule has 0 saturated heterocycles. The van der Waals surface area contributed by atoms with Crippen molar-refractivity contribution < 1.29 is 4.79 Å². The lowest BCUT2D eigenvalue weighted by atomic mass is 9.90. The molecule has 122 valence electrons. The molecular weight excluding hydrogens is 330 g/mol. The molecule has 1 aliphatic carbocycles. The molecule has 0 fully saturated rings. The van der Waals surface area contributed by atoms with Gasteiger partial charge in [-0.3, -0.25) is 4.79 Å². The molecule has 0 radical (unpaired) electrons. The summed E-state index contributed by atoms with van der Waals surface area (Å²) in [5.74, 6) is 0.0237. The van der Waals surface area contributed by atoms with Crippen LogP contribution in [0.25, 0.3) is 0 Å². The van der Waals surface area contributed by atoms with Crippen LogP contribution in [0.1, 0.15) is 27.4 Å². The highest BCUT2D eigenvalue weighted by atomic mass is 35.5. The van der Waals surface area contributed by atoms with E-state index >= 15 is 0 Å². The lowest BCUT2D eigenvalue weighted by molar-refractivity contribution is 0.103. The zero-order chi connectivity index (χ0) is 17.2. The number of anilines is 1. The smallest absolute Gasteiger partial charge is 0.191 e. The van der Waals surface area contributed by atoms with E-state index in [0.717, 1.165) is 28.0 Å². The summed E-state index contributed by atoms with van der Waals surface area (Å²) in [6.07, 6.45) is 1.82. The Morgan fingerprint density at radius 3 is 2.28 bits per heavy atom. The molecule has 1 aliphatic rings. The van der Waals surface area contributed by atoms with Crippen LogP contribution in [0, 0.1) is 0 Å². The second-order valence-electron chi connectivity index (χ2n) is 6.01. The van der Waals surface area contributed by atoms with Crippen molar-refractivity contribution in [2.75, 3.05) is 5.32 Å². The van der Waals surface area contributed by atoms with Gasteiger partial charge in [0, 0.05) is 34.0 Å². The van der Waals surface area contributed by atoms with Gasteiger partial charge in [-0.05, 0) is 35.4 Å². The highest BCUT2D eigenvalue weighted by molar-refractivity contribution is 6.30. The van der Waals surface area contributed by atoms with Gasteiger partial charge in [0.2, 0.25) is 0 Å². The topological polar surface area (TPSA) is 29.1 Å². The number of carbonyl (C=O) groups is 1. The molecule has 0 aromatic heterocycles. The maximum atomic E-state index is 12.9. The van der Waals surface area contributed by atoms with Crippen LogP contribution < -0.4 is 5.32 Å². The van der Waals surface area contributed by atoms with Crippen LogP contribution in [0.5, 0.6) is 0 Å². The van der Waals surface area contributed by atoms with Crippen LogP contribution in [-0.4, -0.2) is 5.78 Å². The summed E-state index contributed by atoms with van der Waals surface area (Å²) >= 11 is 5.93. The van der Waals surface area contributed by atoms with E-state index in [9.17, 15) is 4.79 Å². The highest BCUT2D eigenvalue weighted by Crippen LogP contribution is 2.41. The van der Waals surface area contributed by atoms with Gasteiger partial charge in [-0.2, -0.15) is 0 Å². The monoisotopic (exact) mass is 345 g/mol. The van der Waals surface area contributed by atoms with E-state index in [-0.39, 0.29) is 11.7 Å². The van der Waals surface area contributed by atoms with E-state index < -0.39 is 0 Å². The number of hydrogen-bond donors (Lipinski definition) is 1. The number of hydrogen-bond acceptors (Lipinski definition) is 2. The van der Waals surface area contributed by atoms with Crippen LogP contribution in [0.15, 0.2) is 90.6 Å². The largest absolute Gasteiger partial charge is 0.361 e. The molecule has 3 aromatic carbocycles. The third kappa shape index (κ3) is 2.97. The molecule has 25 heavy (non-hydrogen) atoms. The Morgan fingerprint density at radius 2 is 1.52 bits per heavy atom. The lowest BCUT2D eigenvalue weighted by Crippen LogP contribution is -2.05. The van der Waals surface area contributed by atoms with E-state index in [1.807, 2.05) is 72.9 Å². The van der Waals surface area contributed by atoms with Crippen molar-refractivity contribution in [1.82, 2.24) is 0 Å². The third-order valence-electron chi connectivity index (χ3n) is 4.46. The number of rotatable bonds is 3. The van der Waals surface area contributed by atoms with Crippen LogP contribution in [0.3, 0.4) is 0 Å². The molecule has 0 heterocycles. The Bertz CT molecular complexity index is 945. The van der Waals surface area contributed by atoms with E-state index in [2.05, 4.69) is 17.4 Å². The number of benzene rings is 3. The molecule has 0 aliphatic heterocycles. The Morgan fingerprint density at radius 1 is 0.840 bits per heavy atom. The summed E-state index contributed by atoms with van der Waals surface area (Å²) in [4.78, 5) is 12.9. The molecule has 0 unspecified atom stereocenters. The number of nitrogens with one attached hydrogen (secondary N) is 1. The Balaban J connectivity index is 1.76. The first-order valence-electron chi connectivity index (χ1n) is 8.15. The molecular formula is C22H16ClNO. The summed E-state index contributed by atoms with van der Waals surface area (Å²) in [5.41, 5.74) is 4.60. The van der Waals surface area contributed by atoms with Crippen LogP contribution >= 0.6 is 11.6 Å². The van der Waals surface area contributed by atoms with Gasteiger partial charge in [-0.15, -0.1) is 0 Å². The summed E-state index contributed by atoms with van der Waals surface area (Å²) < 4.78 is 0. The summed E-state index contributed by atoms with van der Waals surface area (Å²) in [5, 5.41) is 3.92. The molecule has 0 amide bonds. The predicted molar refractivity (Wildman–Crippen MR) is 102 cm³/mol. The minimum absolute atomic E-state index is 0.0512. The first-order valence-corrected chi connectivity index (χ1v) is 8.52. The van der Waals surface area contributed by atoms with Gasteiger partial charge in [-0.25, -0.2) is 0 Å². The van der Waals surface area contributed by atoms with Gasteiger partial charge < -0.3 is 5.32 Å². The number of halogens is 1. The Hall–Kier alpha value is -2.84. The van der Waals surface area contributed by atoms with E-state index in [1.54, 1.807) is 0 Å². The maximum Gasteiger partial charge on any atom is 0.191 e. The van der Waals surface area contributed by atoms with Crippen LogP contribution in [-0.2, 0) is 0 Å². The van der Waals surface area contributed by atoms with E-state index in [1.165, 1.54) is 0 Å². The molecule has 1 N–H and O–H groups in total. The maximum absolute atomic E-state index is 12.9. The zero-order valence-corrected chi connectivity index (χ0v) is 14.2. The summed E-state index contributed by atoms with van der Waals surface area (Å²) in [7, 11) is 0.